The summed E-state index contributed by atoms with van der Waals surface area (Å²) in [7, 11) is -2.29. The number of hydrogen-bond acceptors (Lipinski definition) is 5. The molecule has 0 aliphatic carbocycles. The van der Waals surface area contributed by atoms with Gasteiger partial charge in [0.25, 0.3) is 0 Å². The van der Waals surface area contributed by atoms with Crippen LogP contribution in [-0.4, -0.2) is 37.4 Å². The highest BCUT2D eigenvalue weighted by molar-refractivity contribution is 7.89. The highest BCUT2D eigenvalue weighted by atomic mass is 32.2. The molecule has 2 N–H and O–H groups in total. The molecule has 1 atom stereocenters. The van der Waals surface area contributed by atoms with Gasteiger partial charge in [0.15, 0.2) is 0 Å². The predicted molar refractivity (Wildman–Crippen MR) is 60.6 cm³/mol. The van der Waals surface area contributed by atoms with E-state index in [0.29, 0.717) is 0 Å². The molecule has 1 heterocycles. The topological polar surface area (TPSA) is 101 Å². The monoisotopic (exact) mass is 261 g/mol. The summed E-state index contributed by atoms with van der Waals surface area (Å²) in [5, 5.41) is 6.32. The van der Waals surface area contributed by atoms with Crippen LogP contribution in [0.4, 0.5) is 0 Å². The number of methoxy groups -OCH3 is 1. The molecule has 0 saturated heterocycles. The van der Waals surface area contributed by atoms with Crippen molar-refractivity contribution in [3.8, 4) is 0 Å². The first-order valence-electron chi connectivity index (χ1n) is 5.00. The molecular formula is C9H15N3O4S. The lowest BCUT2D eigenvalue weighted by atomic mass is 10.2. The second-order valence-corrected chi connectivity index (χ2v) is 5.39. The molecule has 0 aromatic carbocycles. The van der Waals surface area contributed by atoms with Crippen LogP contribution in [0.1, 0.15) is 24.9 Å². The first-order valence-corrected chi connectivity index (χ1v) is 6.65. The molecule has 0 fully saturated rings. The summed E-state index contributed by atoms with van der Waals surface area (Å²) < 4.78 is 30.0. The number of rotatable bonds is 6. The largest absolute Gasteiger partial charge is 0.469 e. The van der Waals surface area contributed by atoms with E-state index in [1.807, 2.05) is 0 Å². The molecule has 1 rings (SSSR count). The van der Waals surface area contributed by atoms with Gasteiger partial charge in [-0.25, -0.2) is 13.1 Å². The van der Waals surface area contributed by atoms with Crippen LogP contribution in [0.15, 0.2) is 12.4 Å². The fraction of sp³-hybridized carbons (Fsp3) is 0.556. The number of sulfonamides is 1. The normalized spacial score (nSPS) is 13.3. The van der Waals surface area contributed by atoms with Crippen LogP contribution in [0.25, 0.3) is 0 Å². The lowest BCUT2D eigenvalue weighted by Gasteiger charge is -2.11. The fourth-order valence-corrected chi connectivity index (χ4v) is 2.44. The Hall–Kier alpha value is -1.41. The summed E-state index contributed by atoms with van der Waals surface area (Å²) in [6.45, 7) is 1.69. The maximum Gasteiger partial charge on any atom is 0.306 e. The molecule has 0 spiro atoms. The molecule has 1 unspecified atom stereocenters. The first-order chi connectivity index (χ1) is 7.94. The lowest BCUT2D eigenvalue weighted by molar-refractivity contribution is -0.140. The third-order valence-corrected chi connectivity index (χ3v) is 3.63. The van der Waals surface area contributed by atoms with E-state index >= 15 is 0 Å². The quantitative estimate of drug-likeness (QED) is 0.699. The number of hydrogen-bond donors (Lipinski definition) is 2. The predicted octanol–water partition coefficient (Wildman–Crippen LogP) is -0.0468. The molecule has 7 nitrogen and oxygen atoms in total. The van der Waals surface area contributed by atoms with E-state index in [1.165, 1.54) is 13.3 Å². The van der Waals surface area contributed by atoms with E-state index in [1.54, 1.807) is 13.1 Å². The summed E-state index contributed by atoms with van der Waals surface area (Å²) in [5.74, 6) is -0.840. The molecule has 0 radical (unpaired) electrons. The summed E-state index contributed by atoms with van der Waals surface area (Å²) in [4.78, 5) is 10.8. The number of nitrogens with one attached hydrogen (secondary N) is 2. The van der Waals surface area contributed by atoms with Gasteiger partial charge in [0.05, 0.1) is 25.5 Å². The van der Waals surface area contributed by atoms with Gasteiger partial charge in [-0.1, -0.05) is 0 Å². The second kappa shape index (κ2) is 5.78. The lowest BCUT2D eigenvalue weighted by Crippen LogP contribution is -2.30. The number of nitrogens with zero attached hydrogens (tertiary/aromatic N) is 1. The van der Waals surface area contributed by atoms with E-state index in [2.05, 4.69) is 19.7 Å². The average molecular weight is 261 g/mol. The number of ether oxygens (including phenoxy) is 1. The maximum absolute atomic E-state index is 11.6. The average Bonchev–Trinajstić information content (AvgIpc) is 2.78. The standard InChI is InChI=1S/C9H15N3O4S/c1-7(8-5-10-11-6-8)12-17(14,15)4-3-9(13)16-2/h5-7,12H,3-4H2,1-2H3,(H,10,11). The van der Waals surface area contributed by atoms with Crippen molar-refractivity contribution in [1.29, 1.82) is 0 Å². The van der Waals surface area contributed by atoms with Gasteiger partial charge in [0, 0.05) is 17.8 Å². The molecule has 0 saturated carbocycles. The fourth-order valence-electron chi connectivity index (χ4n) is 1.21. The van der Waals surface area contributed by atoms with Gasteiger partial charge >= 0.3 is 5.97 Å². The van der Waals surface area contributed by atoms with Gasteiger partial charge < -0.3 is 4.74 Å². The van der Waals surface area contributed by atoms with Gasteiger partial charge in [-0.2, -0.15) is 5.10 Å². The highest BCUT2D eigenvalue weighted by Crippen LogP contribution is 2.10. The molecule has 0 aliphatic heterocycles. The van der Waals surface area contributed by atoms with Crippen LogP contribution in [0.3, 0.4) is 0 Å². The van der Waals surface area contributed by atoms with Gasteiger partial charge in [-0.3, -0.25) is 9.89 Å². The minimum atomic E-state index is -3.50. The molecule has 1 aromatic heterocycles. The van der Waals surface area contributed by atoms with Crippen molar-refractivity contribution in [2.24, 2.45) is 0 Å². The van der Waals surface area contributed by atoms with E-state index in [0.717, 1.165) is 5.56 Å². The molecule has 1 aromatic rings. The Morgan fingerprint density at radius 3 is 2.88 bits per heavy atom. The van der Waals surface area contributed by atoms with Crippen molar-refractivity contribution in [2.45, 2.75) is 19.4 Å². The Balaban J connectivity index is 2.52. The molecular weight excluding hydrogens is 246 g/mol. The zero-order chi connectivity index (χ0) is 12.9. The van der Waals surface area contributed by atoms with Gasteiger partial charge in [-0.05, 0) is 6.92 Å². The number of aromatic nitrogens is 2. The number of carbonyl (C=O) groups is 1. The maximum atomic E-state index is 11.6. The van der Waals surface area contributed by atoms with E-state index in [9.17, 15) is 13.2 Å². The Kier molecular flexibility index (Phi) is 4.64. The number of H-pyrrole nitrogens is 1. The molecule has 0 amide bonds. The van der Waals surface area contributed by atoms with Crippen LogP contribution >= 0.6 is 0 Å². The minimum Gasteiger partial charge on any atom is -0.469 e. The third-order valence-electron chi connectivity index (χ3n) is 2.18. The molecule has 8 heteroatoms. The Labute approximate surface area is 99.6 Å². The highest BCUT2D eigenvalue weighted by Gasteiger charge is 2.17. The molecule has 17 heavy (non-hydrogen) atoms. The number of esters is 1. The van der Waals surface area contributed by atoms with Gasteiger partial charge in [0.2, 0.25) is 10.0 Å². The zero-order valence-electron chi connectivity index (χ0n) is 9.63. The van der Waals surface area contributed by atoms with Gasteiger partial charge in [-0.15, -0.1) is 0 Å². The van der Waals surface area contributed by atoms with Crippen LogP contribution in [-0.2, 0) is 19.6 Å². The van der Waals surface area contributed by atoms with Crippen LogP contribution in [0.5, 0.6) is 0 Å². The molecule has 96 valence electrons. The number of aromatic amines is 1. The number of carbonyl (C=O) groups excluding carboxylic acids is 1. The van der Waals surface area contributed by atoms with E-state index < -0.39 is 22.0 Å². The minimum absolute atomic E-state index is 0.163. The molecule has 0 bridgehead atoms. The summed E-state index contributed by atoms with van der Waals surface area (Å²) in [5.41, 5.74) is 0.728. The summed E-state index contributed by atoms with van der Waals surface area (Å²) >= 11 is 0. The second-order valence-electron chi connectivity index (χ2n) is 3.52. The van der Waals surface area contributed by atoms with Crippen molar-refractivity contribution >= 4 is 16.0 Å². The van der Waals surface area contributed by atoms with Crippen molar-refractivity contribution in [2.75, 3.05) is 12.9 Å². The first kappa shape index (κ1) is 13.7. The van der Waals surface area contributed by atoms with Crippen molar-refractivity contribution < 1.29 is 17.9 Å². The smallest absolute Gasteiger partial charge is 0.306 e. The van der Waals surface area contributed by atoms with Crippen molar-refractivity contribution in [1.82, 2.24) is 14.9 Å². The Morgan fingerprint density at radius 2 is 2.35 bits per heavy atom. The zero-order valence-corrected chi connectivity index (χ0v) is 10.5. The third kappa shape index (κ3) is 4.53. The summed E-state index contributed by atoms with van der Waals surface area (Å²) in [6.07, 6.45) is 2.98. The van der Waals surface area contributed by atoms with E-state index in [-0.39, 0.29) is 12.2 Å². The Bertz CT molecular complexity index is 455. The van der Waals surface area contributed by atoms with E-state index in [4.69, 9.17) is 0 Å². The van der Waals surface area contributed by atoms with Crippen LogP contribution < -0.4 is 4.72 Å². The van der Waals surface area contributed by atoms with Crippen molar-refractivity contribution in [3.05, 3.63) is 18.0 Å². The van der Waals surface area contributed by atoms with Gasteiger partial charge in [0.1, 0.15) is 0 Å². The molecule has 0 aliphatic rings. The van der Waals surface area contributed by atoms with Crippen LogP contribution in [0.2, 0.25) is 0 Å². The SMILES string of the molecule is COC(=O)CCS(=O)(=O)NC(C)c1cn[nH]c1. The summed E-state index contributed by atoms with van der Waals surface area (Å²) in [6, 6.07) is -0.392. The van der Waals surface area contributed by atoms with Crippen LogP contribution in [0, 0.1) is 0 Å². The Morgan fingerprint density at radius 1 is 1.65 bits per heavy atom. The van der Waals surface area contributed by atoms with Crippen molar-refractivity contribution in [3.63, 3.8) is 0 Å².